The van der Waals surface area contributed by atoms with Gasteiger partial charge in [-0.15, -0.1) is 0 Å². The number of ether oxygens (including phenoxy) is 2. The number of hydrogen-bond donors (Lipinski definition) is 0. The predicted octanol–water partition coefficient (Wildman–Crippen LogP) is 11.4. The van der Waals surface area contributed by atoms with Crippen LogP contribution in [-0.4, -0.2) is 24.1 Å². The summed E-state index contributed by atoms with van der Waals surface area (Å²) in [6.45, 7) is 8.22. The topological polar surface area (TPSA) is 52.6 Å². The third-order valence-electron chi connectivity index (χ3n) is 7.69. The number of esters is 2. The van der Waals surface area contributed by atoms with Crippen LogP contribution in [0.15, 0.2) is 0 Å². The summed E-state index contributed by atoms with van der Waals surface area (Å²) in [5.74, 6) is -0.630. The molecule has 1 unspecified atom stereocenters. The lowest BCUT2D eigenvalue weighted by atomic mass is 10.0. The molecule has 4 heteroatoms. The van der Waals surface area contributed by atoms with Crippen molar-refractivity contribution < 1.29 is 19.1 Å². The largest absolute Gasteiger partial charge is 0.460 e. The zero-order valence-corrected chi connectivity index (χ0v) is 26.9. The Labute approximate surface area is 244 Å². The molecule has 39 heavy (non-hydrogen) atoms. The number of unbranched alkanes of at least 4 members (excludes halogenated alkanes) is 23. The Kier molecular flexibility index (Phi) is 29.1. The molecule has 232 valence electrons. The lowest BCUT2D eigenvalue weighted by Gasteiger charge is -2.18. The van der Waals surface area contributed by atoms with Crippen LogP contribution in [0.3, 0.4) is 0 Å². The Bertz CT molecular complexity index is 531. The SMILES string of the molecule is CCCCCCCCCCCCCCCC(=O)OC(CCCCCCCCCCCCCC)C(=O)OC(C)C. The Hall–Kier alpha value is -1.06. The number of rotatable bonds is 30. The fraction of sp³-hybridized carbons (Fsp3) is 0.943. The second-order valence-corrected chi connectivity index (χ2v) is 12.1. The Morgan fingerprint density at radius 3 is 1.15 bits per heavy atom. The molecule has 0 rings (SSSR count). The standard InChI is InChI=1S/C35H68O4/c1-5-7-9-11-13-15-17-19-21-23-25-27-29-31-34(36)39-33(35(37)38-32(3)4)30-28-26-24-22-20-18-16-14-12-10-8-6-2/h32-33H,5-31H2,1-4H3. The molecule has 4 nitrogen and oxygen atoms in total. The number of hydrogen-bond acceptors (Lipinski definition) is 4. The zero-order valence-electron chi connectivity index (χ0n) is 26.9. The highest BCUT2D eigenvalue weighted by atomic mass is 16.6. The maximum atomic E-state index is 12.5. The van der Waals surface area contributed by atoms with E-state index in [0.29, 0.717) is 12.8 Å². The van der Waals surface area contributed by atoms with Crippen LogP contribution in [0, 0.1) is 0 Å². The van der Waals surface area contributed by atoms with Gasteiger partial charge in [0.1, 0.15) is 0 Å². The highest BCUT2D eigenvalue weighted by molar-refractivity contribution is 5.79. The van der Waals surface area contributed by atoms with Gasteiger partial charge in [0.25, 0.3) is 0 Å². The first-order valence-corrected chi connectivity index (χ1v) is 17.4. The van der Waals surface area contributed by atoms with Gasteiger partial charge in [-0.3, -0.25) is 4.79 Å². The summed E-state index contributed by atoms with van der Waals surface area (Å²) in [6, 6.07) is 0. The maximum Gasteiger partial charge on any atom is 0.347 e. The molecule has 0 aliphatic carbocycles. The van der Waals surface area contributed by atoms with Gasteiger partial charge in [0.15, 0.2) is 6.10 Å². The monoisotopic (exact) mass is 553 g/mol. The Morgan fingerprint density at radius 2 is 0.795 bits per heavy atom. The fourth-order valence-corrected chi connectivity index (χ4v) is 5.21. The summed E-state index contributed by atoms with van der Waals surface area (Å²) >= 11 is 0. The smallest absolute Gasteiger partial charge is 0.347 e. The quantitative estimate of drug-likeness (QED) is 0.0656. The molecular weight excluding hydrogens is 484 g/mol. The van der Waals surface area contributed by atoms with Gasteiger partial charge in [-0.05, 0) is 33.1 Å². The molecule has 1 atom stereocenters. The molecule has 0 radical (unpaired) electrons. The molecule has 0 aliphatic heterocycles. The third-order valence-corrected chi connectivity index (χ3v) is 7.69. The first-order valence-electron chi connectivity index (χ1n) is 17.4. The molecule has 0 saturated heterocycles. The van der Waals surface area contributed by atoms with E-state index in [1.165, 1.54) is 135 Å². The third kappa shape index (κ3) is 28.3. The van der Waals surface area contributed by atoms with E-state index in [1.807, 2.05) is 13.8 Å². The van der Waals surface area contributed by atoms with Crippen molar-refractivity contribution in [1.82, 2.24) is 0 Å². The summed E-state index contributed by atoms with van der Waals surface area (Å²) in [4.78, 5) is 24.9. The van der Waals surface area contributed by atoms with Gasteiger partial charge in [0, 0.05) is 6.42 Å². The second kappa shape index (κ2) is 29.9. The van der Waals surface area contributed by atoms with E-state index in [2.05, 4.69) is 13.8 Å². The van der Waals surface area contributed by atoms with Gasteiger partial charge in [0.2, 0.25) is 0 Å². The molecular formula is C35H68O4. The molecule has 0 spiro atoms. The van der Waals surface area contributed by atoms with Crippen molar-refractivity contribution in [3.8, 4) is 0 Å². The van der Waals surface area contributed by atoms with Crippen LogP contribution in [0.4, 0.5) is 0 Å². The zero-order chi connectivity index (χ0) is 28.8. The van der Waals surface area contributed by atoms with Gasteiger partial charge in [0.05, 0.1) is 6.10 Å². The number of carbonyl (C=O) groups is 2. The lowest BCUT2D eigenvalue weighted by molar-refractivity contribution is -0.171. The minimum Gasteiger partial charge on any atom is -0.460 e. The van der Waals surface area contributed by atoms with Crippen LogP contribution < -0.4 is 0 Å². The predicted molar refractivity (Wildman–Crippen MR) is 167 cm³/mol. The average Bonchev–Trinajstić information content (AvgIpc) is 2.90. The van der Waals surface area contributed by atoms with Crippen molar-refractivity contribution >= 4 is 11.9 Å². The van der Waals surface area contributed by atoms with E-state index >= 15 is 0 Å². The van der Waals surface area contributed by atoms with Crippen molar-refractivity contribution in [2.24, 2.45) is 0 Å². The molecule has 0 fully saturated rings. The van der Waals surface area contributed by atoms with Gasteiger partial charge in [-0.1, -0.05) is 162 Å². The van der Waals surface area contributed by atoms with Crippen molar-refractivity contribution in [3.05, 3.63) is 0 Å². The summed E-state index contributed by atoms with van der Waals surface area (Å²) in [5, 5.41) is 0. The average molecular weight is 553 g/mol. The van der Waals surface area contributed by atoms with Crippen LogP contribution in [0.1, 0.15) is 201 Å². The maximum absolute atomic E-state index is 12.5. The van der Waals surface area contributed by atoms with Crippen molar-refractivity contribution in [2.75, 3.05) is 0 Å². The van der Waals surface area contributed by atoms with Crippen LogP contribution >= 0.6 is 0 Å². The van der Waals surface area contributed by atoms with Crippen LogP contribution in [0.25, 0.3) is 0 Å². The van der Waals surface area contributed by atoms with Crippen LogP contribution in [0.2, 0.25) is 0 Å². The number of carbonyl (C=O) groups excluding carboxylic acids is 2. The van der Waals surface area contributed by atoms with Crippen molar-refractivity contribution in [3.63, 3.8) is 0 Å². The second-order valence-electron chi connectivity index (χ2n) is 12.1. The molecule has 0 aromatic carbocycles. The summed E-state index contributed by atoms with van der Waals surface area (Å²) in [6.07, 6.45) is 32.0. The Morgan fingerprint density at radius 1 is 0.462 bits per heavy atom. The van der Waals surface area contributed by atoms with E-state index in [4.69, 9.17) is 9.47 Å². The van der Waals surface area contributed by atoms with E-state index in [-0.39, 0.29) is 18.0 Å². The van der Waals surface area contributed by atoms with Gasteiger partial charge in [-0.2, -0.15) is 0 Å². The summed E-state index contributed by atoms with van der Waals surface area (Å²) in [5.41, 5.74) is 0. The molecule has 0 N–H and O–H groups in total. The highest BCUT2D eigenvalue weighted by Gasteiger charge is 2.24. The van der Waals surface area contributed by atoms with E-state index in [1.54, 1.807) is 0 Å². The minimum absolute atomic E-state index is 0.193. The van der Waals surface area contributed by atoms with E-state index in [9.17, 15) is 9.59 Å². The van der Waals surface area contributed by atoms with Gasteiger partial charge in [-0.25, -0.2) is 4.79 Å². The van der Waals surface area contributed by atoms with Crippen LogP contribution in [-0.2, 0) is 19.1 Å². The molecule has 0 heterocycles. The lowest BCUT2D eigenvalue weighted by Crippen LogP contribution is -2.31. The van der Waals surface area contributed by atoms with Gasteiger partial charge >= 0.3 is 11.9 Å². The molecule has 0 amide bonds. The first kappa shape index (κ1) is 37.9. The Balaban J connectivity index is 3.89. The first-order chi connectivity index (χ1) is 19.0. The van der Waals surface area contributed by atoms with E-state index in [0.717, 1.165) is 25.7 Å². The normalized spacial score (nSPS) is 12.1. The van der Waals surface area contributed by atoms with Crippen molar-refractivity contribution in [1.29, 1.82) is 0 Å². The van der Waals surface area contributed by atoms with Gasteiger partial charge < -0.3 is 9.47 Å². The summed E-state index contributed by atoms with van der Waals surface area (Å²) < 4.78 is 11.0. The minimum atomic E-state index is -0.745. The highest BCUT2D eigenvalue weighted by Crippen LogP contribution is 2.17. The summed E-state index contributed by atoms with van der Waals surface area (Å²) in [7, 11) is 0. The molecule has 0 bridgehead atoms. The van der Waals surface area contributed by atoms with Crippen LogP contribution in [0.5, 0.6) is 0 Å². The molecule has 0 aliphatic rings. The van der Waals surface area contributed by atoms with E-state index < -0.39 is 6.10 Å². The molecule has 0 saturated carbocycles. The molecule has 0 aromatic rings. The fourth-order valence-electron chi connectivity index (χ4n) is 5.21. The molecule has 0 aromatic heterocycles. The van der Waals surface area contributed by atoms with Crippen molar-refractivity contribution in [2.45, 2.75) is 213 Å².